The first-order valence-electron chi connectivity index (χ1n) is 17.7. The van der Waals surface area contributed by atoms with Gasteiger partial charge in [-0.15, -0.1) is 0 Å². The molecule has 5 heterocycles. The van der Waals surface area contributed by atoms with Crippen LogP contribution in [0.3, 0.4) is 0 Å². The average Bonchev–Trinajstić information content (AvgIpc) is 4.10. The molecule has 0 aliphatic carbocycles. The van der Waals surface area contributed by atoms with Crippen LogP contribution in [0.4, 0.5) is 0 Å². The van der Waals surface area contributed by atoms with Crippen LogP contribution in [0, 0.1) is 22.7 Å². The van der Waals surface area contributed by atoms with Crippen LogP contribution >= 0.6 is 0 Å². The molecule has 0 atom stereocenters. The summed E-state index contributed by atoms with van der Waals surface area (Å²) in [5.41, 5.74) is 12.0. The average molecular weight is 753 g/mol. The molecule has 57 heavy (non-hydrogen) atoms. The minimum Gasteiger partial charge on any atom is -0.478 e. The first-order chi connectivity index (χ1) is 27.8. The van der Waals surface area contributed by atoms with E-state index in [-0.39, 0.29) is 18.1 Å². The molecule has 0 saturated carbocycles. The maximum absolute atomic E-state index is 12.2. The van der Waals surface area contributed by atoms with Gasteiger partial charge in [0.15, 0.2) is 24.7 Å². The number of nitrogens with zero attached hydrogens (tertiary/aromatic N) is 3. The van der Waals surface area contributed by atoms with E-state index in [4.69, 9.17) is 23.9 Å². The number of aromatic amines is 3. The number of nitrogens with one attached hydrogen (secondary N) is 3. The molecule has 4 aromatic heterocycles. The lowest BCUT2D eigenvalue weighted by molar-refractivity contribution is -0.144. The number of hydrogen-bond acceptors (Lipinski definition) is 9. The number of fused-ring (bicyclic) bond motifs is 9. The highest BCUT2D eigenvalue weighted by Crippen LogP contribution is 2.39. The minimum absolute atomic E-state index is 0.191. The van der Waals surface area contributed by atoms with Crippen molar-refractivity contribution in [2.45, 2.75) is 0 Å². The first-order valence-corrected chi connectivity index (χ1v) is 17.7. The van der Waals surface area contributed by atoms with Crippen molar-refractivity contribution in [3.63, 3.8) is 0 Å². The van der Waals surface area contributed by atoms with Gasteiger partial charge in [0.2, 0.25) is 0 Å². The molecular formula is C45H32N6O6. The molecule has 8 bridgehead atoms. The van der Waals surface area contributed by atoms with Gasteiger partial charge in [-0.05, 0) is 102 Å². The van der Waals surface area contributed by atoms with E-state index in [2.05, 4.69) is 27.1 Å². The second-order valence-corrected chi connectivity index (χ2v) is 13.0. The van der Waals surface area contributed by atoms with E-state index in [1.54, 1.807) is 36.4 Å². The fraction of sp³-hybridized carbons (Fsp3) is 0.0889. The smallest absolute Gasteiger partial charge is 0.343 e. The SMILES string of the molecule is COC(=O)COc1ccc(-c2c3nc(c(-c4ccc(C#N)cc4)c4ccc([nH]4)c4ccc([nH]4)c(-c4ccc(C#N)cc4)c4ccc2[nH]4)C=C3)cc1OCC(=O)OC. The molecule has 3 aromatic carbocycles. The third-order valence-corrected chi connectivity index (χ3v) is 9.56. The highest BCUT2D eigenvalue weighted by Gasteiger charge is 2.19. The van der Waals surface area contributed by atoms with Gasteiger partial charge < -0.3 is 33.9 Å². The summed E-state index contributed by atoms with van der Waals surface area (Å²) in [6.45, 7) is -0.783. The second-order valence-electron chi connectivity index (χ2n) is 13.0. The van der Waals surface area contributed by atoms with Crippen LogP contribution in [0.1, 0.15) is 22.5 Å². The standard InChI is InChI=1S/C45H32N6O6/c1-54-41(52)24-56-39-20-11-30(21-40(39)57-25-42(53)55-2)45-37-18-16-35(50-37)43(28-7-3-26(22-46)4-8-28)33-14-12-31(48-33)32-13-15-34(49-32)44(36-17-19-38(45)51-36)29-9-5-27(23-47)6-10-29/h3-21,48-50H,24-25H2,1-2H3. The molecule has 0 radical (unpaired) electrons. The Morgan fingerprint density at radius 3 is 1.42 bits per heavy atom. The highest BCUT2D eigenvalue weighted by molar-refractivity contribution is 6.00. The summed E-state index contributed by atoms with van der Waals surface area (Å²) in [5, 5.41) is 19.1. The molecule has 12 nitrogen and oxygen atoms in total. The van der Waals surface area contributed by atoms with Crippen LogP contribution in [0.25, 0.3) is 78.6 Å². The van der Waals surface area contributed by atoms with Crippen molar-refractivity contribution >= 4 is 57.2 Å². The number of benzene rings is 3. The number of nitriles is 2. The number of aromatic nitrogens is 4. The van der Waals surface area contributed by atoms with Crippen molar-refractivity contribution in [3.8, 4) is 57.0 Å². The molecule has 0 spiro atoms. The number of hydrogen-bond donors (Lipinski definition) is 3. The molecule has 0 unspecified atom stereocenters. The summed E-state index contributed by atoms with van der Waals surface area (Å²) in [6, 6.07) is 36.4. The minimum atomic E-state index is -0.603. The topological polar surface area (TPSA) is 179 Å². The molecule has 278 valence electrons. The number of carbonyl (C=O) groups excluding carboxylic acids is 2. The third-order valence-electron chi connectivity index (χ3n) is 9.56. The Labute approximate surface area is 325 Å². The molecule has 0 amide bonds. The first kappa shape index (κ1) is 35.9. The van der Waals surface area contributed by atoms with Crippen molar-refractivity contribution in [3.05, 3.63) is 126 Å². The molecule has 8 rings (SSSR count). The van der Waals surface area contributed by atoms with Gasteiger partial charge in [0.05, 0.1) is 59.9 Å². The lowest BCUT2D eigenvalue weighted by Gasteiger charge is -2.14. The van der Waals surface area contributed by atoms with E-state index in [0.29, 0.717) is 39.2 Å². The van der Waals surface area contributed by atoms with Crippen LogP contribution in [0.15, 0.2) is 103 Å². The van der Waals surface area contributed by atoms with Gasteiger partial charge in [0.25, 0.3) is 0 Å². The Bertz CT molecular complexity index is 2940. The Morgan fingerprint density at radius 2 is 0.930 bits per heavy atom. The summed E-state index contributed by atoms with van der Waals surface area (Å²) in [6.07, 6.45) is 3.88. The predicted octanol–water partition coefficient (Wildman–Crippen LogP) is 8.54. The molecule has 3 N–H and O–H groups in total. The number of rotatable bonds is 9. The molecule has 1 aliphatic heterocycles. The molecule has 7 aromatic rings. The van der Waals surface area contributed by atoms with Crippen molar-refractivity contribution in [1.29, 1.82) is 10.5 Å². The summed E-state index contributed by atoms with van der Waals surface area (Å²) in [5.74, 6) is -0.786. The summed E-state index contributed by atoms with van der Waals surface area (Å²) in [7, 11) is 2.53. The van der Waals surface area contributed by atoms with Gasteiger partial charge in [0, 0.05) is 38.8 Å². The number of H-pyrrole nitrogens is 3. The summed E-state index contributed by atoms with van der Waals surface area (Å²) < 4.78 is 21.2. The molecule has 12 heteroatoms. The van der Waals surface area contributed by atoms with Gasteiger partial charge in [-0.2, -0.15) is 10.5 Å². The van der Waals surface area contributed by atoms with Crippen molar-refractivity contribution in [2.75, 3.05) is 27.4 Å². The van der Waals surface area contributed by atoms with Crippen LogP contribution in [-0.4, -0.2) is 59.3 Å². The van der Waals surface area contributed by atoms with Crippen molar-refractivity contribution in [2.24, 2.45) is 0 Å². The number of carbonyl (C=O) groups is 2. The van der Waals surface area contributed by atoms with E-state index >= 15 is 0 Å². The highest BCUT2D eigenvalue weighted by atomic mass is 16.6. The maximum Gasteiger partial charge on any atom is 0.343 e. The summed E-state index contributed by atoms with van der Waals surface area (Å²) in [4.78, 5) is 40.3. The van der Waals surface area contributed by atoms with Gasteiger partial charge >= 0.3 is 11.9 Å². The van der Waals surface area contributed by atoms with Crippen molar-refractivity contribution in [1.82, 2.24) is 19.9 Å². The molecule has 1 aliphatic rings. The van der Waals surface area contributed by atoms with Crippen LogP contribution < -0.4 is 9.47 Å². The number of ether oxygens (including phenoxy) is 4. The second kappa shape index (κ2) is 15.3. The largest absolute Gasteiger partial charge is 0.478 e. The van der Waals surface area contributed by atoms with Gasteiger partial charge in [-0.3, -0.25) is 0 Å². The lowest BCUT2D eigenvalue weighted by Crippen LogP contribution is -2.15. The van der Waals surface area contributed by atoms with Crippen LogP contribution in [-0.2, 0) is 19.1 Å². The monoisotopic (exact) mass is 752 g/mol. The molecular weight excluding hydrogens is 721 g/mol. The zero-order chi connectivity index (χ0) is 39.5. The maximum atomic E-state index is 12.2. The third kappa shape index (κ3) is 7.14. The Morgan fingerprint density at radius 1 is 0.526 bits per heavy atom. The molecule has 0 fully saturated rings. The van der Waals surface area contributed by atoms with Crippen LogP contribution in [0.2, 0.25) is 0 Å². The predicted molar refractivity (Wildman–Crippen MR) is 216 cm³/mol. The number of esters is 2. The van der Waals surface area contributed by atoms with Gasteiger partial charge in [-0.1, -0.05) is 30.3 Å². The fourth-order valence-corrected chi connectivity index (χ4v) is 6.77. The van der Waals surface area contributed by atoms with Gasteiger partial charge in [-0.25, -0.2) is 14.6 Å². The van der Waals surface area contributed by atoms with Crippen LogP contribution in [0.5, 0.6) is 11.5 Å². The van der Waals surface area contributed by atoms with Gasteiger partial charge in [0.1, 0.15) is 0 Å². The Balaban J connectivity index is 1.45. The van der Waals surface area contributed by atoms with E-state index in [1.165, 1.54) is 14.2 Å². The van der Waals surface area contributed by atoms with Crippen molar-refractivity contribution < 1.29 is 28.5 Å². The Kier molecular flexibility index (Phi) is 9.66. The number of methoxy groups -OCH3 is 2. The van der Waals surface area contributed by atoms with E-state index in [1.807, 2.05) is 78.9 Å². The van der Waals surface area contributed by atoms with E-state index < -0.39 is 18.5 Å². The normalized spacial score (nSPS) is 11.2. The lowest BCUT2D eigenvalue weighted by atomic mass is 10.0. The van der Waals surface area contributed by atoms with E-state index in [0.717, 1.165) is 49.8 Å². The zero-order valence-corrected chi connectivity index (χ0v) is 30.7. The zero-order valence-electron chi connectivity index (χ0n) is 30.7. The molecule has 0 saturated heterocycles. The summed E-state index contributed by atoms with van der Waals surface area (Å²) >= 11 is 0. The Hall–Kier alpha value is -8.09. The quantitative estimate of drug-likeness (QED) is 0.122. The fourth-order valence-electron chi connectivity index (χ4n) is 6.77. The van der Waals surface area contributed by atoms with E-state index in [9.17, 15) is 20.1 Å².